The molecule has 0 amide bonds. The number of aromatic nitrogens is 3. The Morgan fingerprint density at radius 1 is 0.931 bits per heavy atom. The molecular formula is C21H23N5O2S. The molecule has 0 saturated carbocycles. The van der Waals surface area contributed by atoms with Crippen molar-refractivity contribution in [2.24, 2.45) is 0 Å². The molecule has 1 saturated heterocycles. The minimum absolute atomic E-state index is 0.110. The van der Waals surface area contributed by atoms with Gasteiger partial charge in [0.1, 0.15) is 5.82 Å². The Bertz CT molecular complexity index is 953. The van der Waals surface area contributed by atoms with E-state index >= 15 is 0 Å². The topological polar surface area (TPSA) is 77.1 Å². The highest BCUT2D eigenvalue weighted by molar-refractivity contribution is 7.98. The summed E-state index contributed by atoms with van der Waals surface area (Å²) in [5.41, 5.74) is 2.35. The van der Waals surface area contributed by atoms with E-state index in [0.29, 0.717) is 5.75 Å². The van der Waals surface area contributed by atoms with Crippen molar-refractivity contribution < 1.29 is 4.92 Å². The molecule has 3 aromatic rings. The molecule has 0 atom stereocenters. The number of hydrogen-bond donors (Lipinski definition) is 0. The number of hydrogen-bond acceptors (Lipinski definition) is 6. The number of thioether (sulfide) groups is 1. The molecule has 29 heavy (non-hydrogen) atoms. The second kappa shape index (κ2) is 9.19. The van der Waals surface area contributed by atoms with Crippen LogP contribution in [-0.2, 0) is 18.8 Å². The third kappa shape index (κ3) is 5.02. The first-order valence-electron chi connectivity index (χ1n) is 9.73. The molecular weight excluding hydrogens is 386 g/mol. The number of benzene rings is 2. The zero-order chi connectivity index (χ0) is 20.1. The molecule has 8 heteroatoms. The summed E-state index contributed by atoms with van der Waals surface area (Å²) < 4.78 is 2.20. The van der Waals surface area contributed by atoms with Gasteiger partial charge in [0.15, 0.2) is 5.16 Å². The monoisotopic (exact) mass is 409 g/mol. The van der Waals surface area contributed by atoms with E-state index in [0.717, 1.165) is 42.7 Å². The van der Waals surface area contributed by atoms with Gasteiger partial charge in [0.25, 0.3) is 5.69 Å². The molecule has 7 nitrogen and oxygen atoms in total. The van der Waals surface area contributed by atoms with Gasteiger partial charge in [0.2, 0.25) is 0 Å². The average Bonchev–Trinajstić information content (AvgIpc) is 3.39. The lowest BCUT2D eigenvalue weighted by Crippen LogP contribution is -2.21. The third-order valence-corrected chi connectivity index (χ3v) is 6.09. The molecule has 0 spiro atoms. The fourth-order valence-electron chi connectivity index (χ4n) is 3.47. The maximum Gasteiger partial charge on any atom is 0.269 e. The third-order valence-electron chi connectivity index (χ3n) is 5.06. The summed E-state index contributed by atoms with van der Waals surface area (Å²) in [4.78, 5) is 12.9. The summed E-state index contributed by atoms with van der Waals surface area (Å²) in [6, 6.07) is 17.0. The minimum Gasteiger partial charge on any atom is -0.300 e. The van der Waals surface area contributed by atoms with Gasteiger partial charge in [-0.3, -0.25) is 15.0 Å². The standard InChI is InChI=1S/C21H23N5O2S/c27-26(28)19-10-8-18(9-11-19)16-29-21-23-22-20(15-24-12-4-5-13-24)25(21)14-17-6-2-1-3-7-17/h1-3,6-11H,4-5,12-16H2. The Kier molecular flexibility index (Phi) is 6.21. The van der Waals surface area contributed by atoms with E-state index in [4.69, 9.17) is 0 Å². The highest BCUT2D eigenvalue weighted by atomic mass is 32.2. The summed E-state index contributed by atoms with van der Waals surface area (Å²) in [5, 5.41) is 20.6. The highest BCUT2D eigenvalue weighted by Gasteiger charge is 2.18. The van der Waals surface area contributed by atoms with Crippen LogP contribution in [0.5, 0.6) is 0 Å². The lowest BCUT2D eigenvalue weighted by atomic mass is 10.2. The van der Waals surface area contributed by atoms with Gasteiger partial charge in [-0.1, -0.05) is 54.2 Å². The number of likely N-dealkylation sites (tertiary alicyclic amines) is 1. The van der Waals surface area contributed by atoms with Gasteiger partial charge in [0.05, 0.1) is 18.0 Å². The molecule has 0 radical (unpaired) electrons. The van der Waals surface area contributed by atoms with Crippen LogP contribution in [0.1, 0.15) is 29.8 Å². The molecule has 2 aromatic carbocycles. The van der Waals surface area contributed by atoms with Crippen molar-refractivity contribution in [3.05, 3.63) is 81.7 Å². The lowest BCUT2D eigenvalue weighted by molar-refractivity contribution is -0.384. The minimum atomic E-state index is -0.377. The quantitative estimate of drug-likeness (QED) is 0.316. The van der Waals surface area contributed by atoms with Crippen LogP contribution < -0.4 is 0 Å². The molecule has 1 fully saturated rings. The normalized spacial score (nSPS) is 14.3. The molecule has 0 N–H and O–H groups in total. The zero-order valence-corrected chi connectivity index (χ0v) is 16.9. The number of rotatable bonds is 8. The molecule has 2 heterocycles. The maximum atomic E-state index is 10.8. The van der Waals surface area contributed by atoms with Gasteiger partial charge in [-0.25, -0.2) is 0 Å². The van der Waals surface area contributed by atoms with E-state index in [-0.39, 0.29) is 10.6 Å². The van der Waals surface area contributed by atoms with Crippen LogP contribution in [0.4, 0.5) is 5.69 Å². The van der Waals surface area contributed by atoms with Crippen LogP contribution in [0.2, 0.25) is 0 Å². The van der Waals surface area contributed by atoms with Crippen molar-refractivity contribution in [1.82, 2.24) is 19.7 Å². The van der Waals surface area contributed by atoms with Crippen LogP contribution >= 0.6 is 11.8 Å². The first-order valence-corrected chi connectivity index (χ1v) is 10.7. The summed E-state index contributed by atoms with van der Waals surface area (Å²) in [6.45, 7) is 3.78. The van der Waals surface area contributed by atoms with Crippen LogP contribution in [0, 0.1) is 10.1 Å². The molecule has 0 unspecified atom stereocenters. The SMILES string of the molecule is O=[N+]([O-])c1ccc(CSc2nnc(CN3CCCC3)n2Cc2ccccc2)cc1. The maximum absolute atomic E-state index is 10.8. The van der Waals surface area contributed by atoms with E-state index < -0.39 is 0 Å². The number of non-ortho nitro benzene ring substituents is 1. The van der Waals surface area contributed by atoms with Gasteiger partial charge < -0.3 is 4.57 Å². The smallest absolute Gasteiger partial charge is 0.269 e. The van der Waals surface area contributed by atoms with Gasteiger partial charge in [-0.15, -0.1) is 10.2 Å². The Labute approximate surface area is 173 Å². The van der Waals surface area contributed by atoms with Crippen LogP contribution in [0.3, 0.4) is 0 Å². The first kappa shape index (κ1) is 19.6. The molecule has 1 aliphatic heterocycles. The molecule has 0 bridgehead atoms. The van der Waals surface area contributed by atoms with Gasteiger partial charge >= 0.3 is 0 Å². The molecule has 1 aromatic heterocycles. The van der Waals surface area contributed by atoms with Crippen molar-refractivity contribution in [2.45, 2.75) is 36.8 Å². The average molecular weight is 410 g/mol. The first-order chi connectivity index (χ1) is 14.2. The zero-order valence-electron chi connectivity index (χ0n) is 16.1. The fraction of sp³-hybridized carbons (Fsp3) is 0.333. The summed E-state index contributed by atoms with van der Waals surface area (Å²) in [7, 11) is 0. The Hall–Kier alpha value is -2.71. The largest absolute Gasteiger partial charge is 0.300 e. The van der Waals surface area contributed by atoms with Crippen molar-refractivity contribution >= 4 is 17.4 Å². The number of nitrogens with zero attached hydrogens (tertiary/aromatic N) is 5. The van der Waals surface area contributed by atoms with E-state index in [1.54, 1.807) is 36.0 Å². The second-order valence-electron chi connectivity index (χ2n) is 7.17. The van der Waals surface area contributed by atoms with Crippen LogP contribution in [-0.4, -0.2) is 37.7 Å². The molecule has 1 aliphatic rings. The van der Waals surface area contributed by atoms with Gasteiger partial charge in [-0.2, -0.15) is 0 Å². The van der Waals surface area contributed by atoms with Gasteiger partial charge in [0, 0.05) is 17.9 Å². The highest BCUT2D eigenvalue weighted by Crippen LogP contribution is 2.25. The summed E-state index contributed by atoms with van der Waals surface area (Å²) >= 11 is 1.61. The van der Waals surface area contributed by atoms with E-state index in [1.807, 2.05) is 18.2 Å². The summed E-state index contributed by atoms with van der Waals surface area (Å²) in [5.74, 6) is 1.68. The molecule has 4 rings (SSSR count). The fourth-order valence-corrected chi connectivity index (χ4v) is 4.38. The summed E-state index contributed by atoms with van der Waals surface area (Å²) in [6.07, 6.45) is 2.49. The Balaban J connectivity index is 1.51. The predicted molar refractivity (Wildman–Crippen MR) is 113 cm³/mol. The van der Waals surface area contributed by atoms with Crippen molar-refractivity contribution in [3.63, 3.8) is 0 Å². The van der Waals surface area contributed by atoms with Crippen LogP contribution in [0.25, 0.3) is 0 Å². The van der Waals surface area contributed by atoms with Gasteiger partial charge in [-0.05, 0) is 37.1 Å². The second-order valence-corrected chi connectivity index (χ2v) is 8.11. The predicted octanol–water partition coefficient (Wildman–Crippen LogP) is 4.12. The van der Waals surface area contributed by atoms with Crippen LogP contribution in [0.15, 0.2) is 59.8 Å². The molecule has 0 aliphatic carbocycles. The Morgan fingerprint density at radius 2 is 1.66 bits per heavy atom. The molecule has 150 valence electrons. The number of nitro benzene ring substituents is 1. The van der Waals surface area contributed by atoms with Crippen molar-refractivity contribution in [1.29, 1.82) is 0 Å². The lowest BCUT2D eigenvalue weighted by Gasteiger charge is -2.16. The van der Waals surface area contributed by atoms with Crippen molar-refractivity contribution in [3.8, 4) is 0 Å². The van der Waals surface area contributed by atoms with Crippen molar-refractivity contribution in [2.75, 3.05) is 13.1 Å². The van der Waals surface area contributed by atoms with E-state index in [2.05, 4.69) is 31.8 Å². The Morgan fingerprint density at radius 3 is 2.34 bits per heavy atom. The van der Waals surface area contributed by atoms with E-state index in [1.165, 1.54) is 18.4 Å². The van der Waals surface area contributed by atoms with E-state index in [9.17, 15) is 10.1 Å². The number of nitro groups is 1.